The van der Waals surface area contributed by atoms with Crippen LogP contribution in [-0.2, 0) is 32.3 Å². The van der Waals surface area contributed by atoms with Crippen LogP contribution in [0.1, 0.15) is 38.3 Å². The SMILES string of the molecule is CC[C@H](C(=O)NCC(C)C)N(Cc1ccc(OC)cc1)C(=O)CN(c1cccc(C(F)(F)F)c1)S(C)(=O)=O. The van der Waals surface area contributed by atoms with Crippen molar-refractivity contribution in [2.24, 2.45) is 5.92 Å². The molecular formula is C26H34F3N3O5S. The van der Waals surface area contributed by atoms with Crippen LogP contribution in [0.15, 0.2) is 48.5 Å². The number of alkyl halides is 3. The molecule has 0 spiro atoms. The summed E-state index contributed by atoms with van der Waals surface area (Å²) >= 11 is 0. The van der Waals surface area contributed by atoms with Gasteiger partial charge in [0.15, 0.2) is 0 Å². The van der Waals surface area contributed by atoms with E-state index in [9.17, 15) is 31.2 Å². The number of carbonyl (C=O) groups excluding carboxylic acids is 2. The lowest BCUT2D eigenvalue weighted by Crippen LogP contribution is -2.52. The number of nitrogens with zero attached hydrogens (tertiary/aromatic N) is 2. The van der Waals surface area contributed by atoms with Crippen molar-refractivity contribution in [2.45, 2.75) is 46.0 Å². The summed E-state index contributed by atoms with van der Waals surface area (Å²) in [6, 6.07) is 9.59. The maximum absolute atomic E-state index is 13.6. The van der Waals surface area contributed by atoms with Gasteiger partial charge in [0.1, 0.15) is 18.3 Å². The van der Waals surface area contributed by atoms with E-state index in [0.29, 0.717) is 28.2 Å². The Morgan fingerprint density at radius 2 is 1.71 bits per heavy atom. The lowest BCUT2D eigenvalue weighted by atomic mass is 10.1. The average molecular weight is 558 g/mol. The molecule has 0 saturated carbocycles. The number of methoxy groups -OCH3 is 1. The summed E-state index contributed by atoms with van der Waals surface area (Å²) in [6.45, 7) is 5.11. The third kappa shape index (κ3) is 8.64. The van der Waals surface area contributed by atoms with Crippen LogP contribution in [0.4, 0.5) is 18.9 Å². The summed E-state index contributed by atoms with van der Waals surface area (Å²) in [7, 11) is -2.66. The van der Waals surface area contributed by atoms with Crippen molar-refractivity contribution >= 4 is 27.5 Å². The van der Waals surface area contributed by atoms with Crippen molar-refractivity contribution in [3.63, 3.8) is 0 Å². The van der Waals surface area contributed by atoms with Gasteiger partial charge in [0.25, 0.3) is 0 Å². The first kappa shape index (κ1) is 30.9. The van der Waals surface area contributed by atoms with Gasteiger partial charge in [0.05, 0.1) is 24.6 Å². The maximum atomic E-state index is 13.6. The quantitative estimate of drug-likeness (QED) is 0.425. The zero-order valence-corrected chi connectivity index (χ0v) is 22.9. The molecule has 1 atom stereocenters. The first-order valence-corrected chi connectivity index (χ1v) is 13.9. The highest BCUT2D eigenvalue weighted by Crippen LogP contribution is 2.32. The highest BCUT2D eigenvalue weighted by atomic mass is 32.2. The van der Waals surface area contributed by atoms with Crippen molar-refractivity contribution in [1.29, 1.82) is 0 Å². The number of hydrogen-bond donors (Lipinski definition) is 1. The molecular weight excluding hydrogens is 523 g/mol. The molecule has 2 aromatic carbocycles. The van der Waals surface area contributed by atoms with Crippen molar-refractivity contribution in [1.82, 2.24) is 10.2 Å². The molecule has 2 rings (SSSR count). The molecule has 0 fully saturated rings. The molecule has 0 saturated heterocycles. The predicted molar refractivity (Wildman–Crippen MR) is 139 cm³/mol. The molecule has 0 radical (unpaired) electrons. The number of amides is 2. The van der Waals surface area contributed by atoms with Crippen molar-refractivity contribution in [2.75, 3.05) is 30.8 Å². The van der Waals surface area contributed by atoms with Crippen LogP contribution < -0.4 is 14.4 Å². The lowest BCUT2D eigenvalue weighted by Gasteiger charge is -2.33. The molecule has 0 aliphatic carbocycles. The number of nitrogens with one attached hydrogen (secondary N) is 1. The normalized spacial score (nSPS) is 12.7. The number of carbonyl (C=O) groups is 2. The van der Waals surface area contributed by atoms with Crippen LogP contribution in [0.2, 0.25) is 0 Å². The lowest BCUT2D eigenvalue weighted by molar-refractivity contribution is -0.140. The molecule has 8 nitrogen and oxygen atoms in total. The Hall–Kier alpha value is -3.28. The van der Waals surface area contributed by atoms with E-state index < -0.39 is 46.2 Å². The Morgan fingerprint density at radius 3 is 2.21 bits per heavy atom. The molecule has 0 bridgehead atoms. The summed E-state index contributed by atoms with van der Waals surface area (Å²) in [5.74, 6) is -0.409. The fourth-order valence-corrected chi connectivity index (χ4v) is 4.56. The van der Waals surface area contributed by atoms with E-state index in [0.717, 1.165) is 18.4 Å². The van der Waals surface area contributed by atoms with Gasteiger partial charge in [-0.15, -0.1) is 0 Å². The molecule has 0 aliphatic rings. The molecule has 0 aromatic heterocycles. The number of halogens is 3. The Balaban J connectivity index is 2.47. The molecule has 2 amide bonds. The van der Waals surface area contributed by atoms with E-state index in [2.05, 4.69) is 5.32 Å². The second kappa shape index (κ2) is 13.0. The van der Waals surface area contributed by atoms with Gasteiger partial charge in [-0.1, -0.05) is 39.0 Å². The highest BCUT2D eigenvalue weighted by Gasteiger charge is 2.34. The fourth-order valence-electron chi connectivity index (χ4n) is 3.72. The molecule has 12 heteroatoms. The molecule has 2 aromatic rings. The smallest absolute Gasteiger partial charge is 0.416 e. The van der Waals surface area contributed by atoms with Gasteiger partial charge in [0, 0.05) is 13.1 Å². The van der Waals surface area contributed by atoms with E-state index in [1.807, 2.05) is 13.8 Å². The van der Waals surface area contributed by atoms with Crippen molar-refractivity contribution in [3.8, 4) is 5.75 Å². The van der Waals surface area contributed by atoms with Crippen LogP contribution in [0.3, 0.4) is 0 Å². The second-order valence-electron chi connectivity index (χ2n) is 9.25. The van der Waals surface area contributed by atoms with Gasteiger partial charge >= 0.3 is 6.18 Å². The van der Waals surface area contributed by atoms with E-state index >= 15 is 0 Å². The van der Waals surface area contributed by atoms with Crippen molar-refractivity contribution < 1.29 is 35.9 Å². The topological polar surface area (TPSA) is 96.0 Å². The van der Waals surface area contributed by atoms with Crippen LogP contribution >= 0.6 is 0 Å². The zero-order valence-electron chi connectivity index (χ0n) is 22.1. The molecule has 210 valence electrons. The maximum Gasteiger partial charge on any atom is 0.416 e. The Kier molecular flexibility index (Phi) is 10.6. The second-order valence-corrected chi connectivity index (χ2v) is 11.2. The monoisotopic (exact) mass is 557 g/mol. The van der Waals surface area contributed by atoms with Crippen LogP contribution in [-0.4, -0.2) is 57.6 Å². The first-order chi connectivity index (χ1) is 17.7. The van der Waals surface area contributed by atoms with Gasteiger partial charge in [-0.25, -0.2) is 8.42 Å². The summed E-state index contributed by atoms with van der Waals surface area (Å²) in [4.78, 5) is 27.9. The molecule has 0 unspecified atom stereocenters. The number of sulfonamides is 1. The fraction of sp³-hybridized carbons (Fsp3) is 0.462. The minimum absolute atomic E-state index is 0.0311. The summed E-state index contributed by atoms with van der Waals surface area (Å²) in [6.07, 6.45) is -3.67. The van der Waals surface area contributed by atoms with Gasteiger partial charge in [0.2, 0.25) is 21.8 Å². The summed E-state index contributed by atoms with van der Waals surface area (Å²) in [5.41, 5.74) is -0.706. The third-order valence-corrected chi connectivity index (χ3v) is 6.86. The van der Waals surface area contributed by atoms with Gasteiger partial charge in [-0.2, -0.15) is 13.2 Å². The predicted octanol–water partition coefficient (Wildman–Crippen LogP) is 4.06. The van der Waals surface area contributed by atoms with Crippen LogP contribution in [0.5, 0.6) is 5.75 Å². The van der Waals surface area contributed by atoms with Crippen molar-refractivity contribution in [3.05, 3.63) is 59.7 Å². The molecule has 38 heavy (non-hydrogen) atoms. The third-order valence-electron chi connectivity index (χ3n) is 5.72. The van der Waals surface area contributed by atoms with E-state index in [-0.39, 0.29) is 24.6 Å². The summed E-state index contributed by atoms with van der Waals surface area (Å²) in [5, 5.41) is 2.80. The van der Waals surface area contributed by atoms with E-state index in [1.54, 1.807) is 31.2 Å². The molecule has 0 aliphatic heterocycles. The molecule has 1 N–H and O–H groups in total. The van der Waals surface area contributed by atoms with Gasteiger partial charge < -0.3 is 15.0 Å². The number of ether oxygens (including phenoxy) is 1. The highest BCUT2D eigenvalue weighted by molar-refractivity contribution is 7.92. The minimum Gasteiger partial charge on any atom is -0.497 e. The van der Waals surface area contributed by atoms with Crippen LogP contribution in [0, 0.1) is 5.92 Å². The summed E-state index contributed by atoms with van der Waals surface area (Å²) < 4.78 is 70.9. The van der Waals surface area contributed by atoms with E-state index in [4.69, 9.17) is 4.74 Å². The zero-order chi connectivity index (χ0) is 28.7. The Bertz CT molecular complexity index is 1200. The minimum atomic E-state index is -4.70. The Labute approximate surface area is 221 Å². The van der Waals surface area contributed by atoms with Crippen LogP contribution in [0.25, 0.3) is 0 Å². The van der Waals surface area contributed by atoms with Gasteiger partial charge in [-0.3, -0.25) is 13.9 Å². The Morgan fingerprint density at radius 1 is 1.08 bits per heavy atom. The number of hydrogen-bond acceptors (Lipinski definition) is 5. The molecule has 0 heterocycles. The number of benzene rings is 2. The standard InChI is InChI=1S/C26H34F3N3O5S/c1-6-23(25(34)30-15-18(2)3)31(16-19-10-12-22(37-4)13-11-19)24(33)17-32(38(5,35)36)21-9-7-8-20(14-21)26(27,28)29/h7-14,18,23H,6,15-17H2,1-5H3,(H,30,34)/t23-/m1/s1. The largest absolute Gasteiger partial charge is 0.497 e. The number of rotatable bonds is 12. The average Bonchev–Trinajstić information content (AvgIpc) is 2.85. The van der Waals surface area contributed by atoms with Gasteiger partial charge in [-0.05, 0) is 48.2 Å². The van der Waals surface area contributed by atoms with E-state index in [1.165, 1.54) is 18.1 Å². The number of anilines is 1. The first-order valence-electron chi connectivity index (χ1n) is 12.0.